The van der Waals surface area contributed by atoms with Crippen LogP contribution in [-0.4, -0.2) is 14.8 Å². The van der Waals surface area contributed by atoms with Crippen molar-refractivity contribution in [2.45, 2.75) is 0 Å². The molecule has 14 heavy (non-hydrogen) atoms. The van der Waals surface area contributed by atoms with Crippen LogP contribution in [0.25, 0.3) is 11.4 Å². The summed E-state index contributed by atoms with van der Waals surface area (Å²) in [4.78, 5) is 4.09. The summed E-state index contributed by atoms with van der Waals surface area (Å²) >= 11 is 5.87. The van der Waals surface area contributed by atoms with E-state index in [9.17, 15) is 0 Å². The fraction of sp³-hybridized carbons (Fsp3) is 0.111. The van der Waals surface area contributed by atoms with Gasteiger partial charge in [-0.3, -0.25) is 0 Å². The number of nitrogens with zero attached hydrogens (tertiary/aromatic N) is 3. The smallest absolute Gasteiger partial charge is 0.240 e. The number of anilines is 1. The van der Waals surface area contributed by atoms with E-state index < -0.39 is 0 Å². The first-order chi connectivity index (χ1) is 6.66. The molecule has 0 bridgehead atoms. The standard InChI is InChI=1S/C9H9ClN4/c1-14-8(12-9(11)13-14)6-3-2-4-7(10)5-6/h2-5H,1H3,(H2,11,13). The van der Waals surface area contributed by atoms with Crippen LogP contribution in [0.4, 0.5) is 5.95 Å². The topological polar surface area (TPSA) is 56.7 Å². The summed E-state index contributed by atoms with van der Waals surface area (Å²) in [5.41, 5.74) is 6.39. The van der Waals surface area contributed by atoms with Crippen molar-refractivity contribution >= 4 is 17.5 Å². The van der Waals surface area contributed by atoms with Crippen LogP contribution in [0.5, 0.6) is 0 Å². The van der Waals surface area contributed by atoms with Gasteiger partial charge in [-0.2, -0.15) is 4.98 Å². The molecule has 1 aromatic heterocycles. The third-order valence-electron chi connectivity index (χ3n) is 1.86. The third-order valence-corrected chi connectivity index (χ3v) is 2.10. The number of nitrogen functional groups attached to an aromatic ring is 1. The van der Waals surface area contributed by atoms with Crippen LogP contribution in [-0.2, 0) is 7.05 Å². The summed E-state index contributed by atoms with van der Waals surface area (Å²) in [5.74, 6) is 0.979. The molecule has 1 aromatic carbocycles. The summed E-state index contributed by atoms with van der Waals surface area (Å²) in [6.07, 6.45) is 0. The Hall–Kier alpha value is -1.55. The van der Waals surface area contributed by atoms with Gasteiger partial charge < -0.3 is 5.73 Å². The van der Waals surface area contributed by atoms with Crippen LogP contribution < -0.4 is 5.73 Å². The molecule has 0 aliphatic carbocycles. The van der Waals surface area contributed by atoms with E-state index in [4.69, 9.17) is 17.3 Å². The third kappa shape index (κ3) is 1.56. The molecule has 0 radical (unpaired) electrons. The summed E-state index contributed by atoms with van der Waals surface area (Å²) in [6.45, 7) is 0. The molecule has 0 saturated carbocycles. The number of benzene rings is 1. The SMILES string of the molecule is Cn1nc(N)nc1-c1cccc(Cl)c1. The molecule has 0 saturated heterocycles. The van der Waals surface area contributed by atoms with Crippen molar-refractivity contribution in [1.82, 2.24) is 14.8 Å². The summed E-state index contributed by atoms with van der Waals surface area (Å²) in [7, 11) is 1.79. The fourth-order valence-electron chi connectivity index (χ4n) is 1.28. The van der Waals surface area contributed by atoms with Gasteiger partial charge >= 0.3 is 0 Å². The first-order valence-corrected chi connectivity index (χ1v) is 4.47. The minimum atomic E-state index is 0.266. The van der Waals surface area contributed by atoms with E-state index in [1.807, 2.05) is 24.3 Å². The van der Waals surface area contributed by atoms with Gasteiger partial charge in [0.2, 0.25) is 5.95 Å². The maximum Gasteiger partial charge on any atom is 0.240 e. The molecule has 0 spiro atoms. The molecule has 1 heterocycles. The van der Waals surface area contributed by atoms with E-state index in [1.54, 1.807) is 11.7 Å². The molecule has 2 N–H and O–H groups in total. The monoisotopic (exact) mass is 208 g/mol. The Labute approximate surface area is 86.3 Å². The zero-order valence-electron chi connectivity index (χ0n) is 7.61. The lowest BCUT2D eigenvalue weighted by Gasteiger charge is -1.99. The van der Waals surface area contributed by atoms with Crippen molar-refractivity contribution in [3.63, 3.8) is 0 Å². The zero-order valence-corrected chi connectivity index (χ0v) is 8.36. The van der Waals surface area contributed by atoms with E-state index in [0.717, 1.165) is 5.56 Å². The van der Waals surface area contributed by atoms with E-state index in [-0.39, 0.29) is 5.95 Å². The van der Waals surface area contributed by atoms with Crippen LogP contribution in [0.3, 0.4) is 0 Å². The Balaban J connectivity index is 2.54. The fourth-order valence-corrected chi connectivity index (χ4v) is 1.47. The minimum Gasteiger partial charge on any atom is -0.366 e. The molecular formula is C9H9ClN4. The molecule has 4 nitrogen and oxygen atoms in total. The van der Waals surface area contributed by atoms with Crippen molar-refractivity contribution in [2.75, 3.05) is 5.73 Å². The van der Waals surface area contributed by atoms with Crippen molar-refractivity contribution in [2.24, 2.45) is 7.05 Å². The van der Waals surface area contributed by atoms with Gasteiger partial charge in [0.05, 0.1) is 0 Å². The van der Waals surface area contributed by atoms with Crippen LogP contribution in [0.15, 0.2) is 24.3 Å². The number of aryl methyl sites for hydroxylation is 1. The summed E-state index contributed by atoms with van der Waals surface area (Å²) in [5, 5.41) is 4.63. The number of hydrogen-bond acceptors (Lipinski definition) is 3. The summed E-state index contributed by atoms with van der Waals surface area (Å²) < 4.78 is 1.63. The second kappa shape index (κ2) is 3.31. The second-order valence-corrected chi connectivity index (χ2v) is 3.36. The van der Waals surface area contributed by atoms with Gasteiger partial charge in [-0.05, 0) is 12.1 Å². The van der Waals surface area contributed by atoms with Crippen LogP contribution in [0.2, 0.25) is 5.02 Å². The van der Waals surface area contributed by atoms with Gasteiger partial charge in [-0.15, -0.1) is 5.10 Å². The van der Waals surface area contributed by atoms with E-state index in [1.165, 1.54) is 0 Å². The Morgan fingerprint density at radius 1 is 1.43 bits per heavy atom. The Kier molecular flexibility index (Phi) is 2.13. The molecule has 0 atom stereocenters. The predicted octanol–water partition coefficient (Wildman–Crippen LogP) is 1.72. The molecule has 2 aromatic rings. The van der Waals surface area contributed by atoms with Crippen molar-refractivity contribution in [1.29, 1.82) is 0 Å². The van der Waals surface area contributed by atoms with Crippen molar-refractivity contribution in [3.8, 4) is 11.4 Å². The van der Waals surface area contributed by atoms with Gasteiger partial charge in [-0.1, -0.05) is 23.7 Å². The lowest BCUT2D eigenvalue weighted by molar-refractivity contribution is 0.778. The number of halogens is 1. The van der Waals surface area contributed by atoms with E-state index in [0.29, 0.717) is 10.8 Å². The highest BCUT2D eigenvalue weighted by atomic mass is 35.5. The normalized spacial score (nSPS) is 10.4. The maximum absolute atomic E-state index is 5.87. The molecule has 0 aliphatic rings. The number of rotatable bonds is 1. The van der Waals surface area contributed by atoms with Crippen LogP contribution >= 0.6 is 11.6 Å². The molecule has 0 aliphatic heterocycles. The molecule has 0 unspecified atom stereocenters. The highest BCUT2D eigenvalue weighted by Gasteiger charge is 2.06. The lowest BCUT2D eigenvalue weighted by atomic mass is 10.2. The highest BCUT2D eigenvalue weighted by molar-refractivity contribution is 6.30. The number of aromatic nitrogens is 3. The highest BCUT2D eigenvalue weighted by Crippen LogP contribution is 2.20. The quantitative estimate of drug-likeness (QED) is 0.777. The Bertz CT molecular complexity index is 464. The van der Waals surface area contributed by atoms with Gasteiger partial charge in [0.15, 0.2) is 5.82 Å². The molecule has 72 valence electrons. The molecular weight excluding hydrogens is 200 g/mol. The number of hydrogen-bond donors (Lipinski definition) is 1. The second-order valence-electron chi connectivity index (χ2n) is 2.93. The van der Waals surface area contributed by atoms with Crippen LogP contribution in [0, 0.1) is 0 Å². The molecule has 5 heteroatoms. The van der Waals surface area contributed by atoms with Gasteiger partial charge in [0.1, 0.15) is 0 Å². The van der Waals surface area contributed by atoms with Gasteiger partial charge in [0.25, 0.3) is 0 Å². The lowest BCUT2D eigenvalue weighted by Crippen LogP contribution is -1.94. The first kappa shape index (κ1) is 9.02. The minimum absolute atomic E-state index is 0.266. The average Bonchev–Trinajstić information content (AvgIpc) is 2.45. The largest absolute Gasteiger partial charge is 0.366 e. The molecule has 0 fully saturated rings. The Morgan fingerprint density at radius 3 is 2.79 bits per heavy atom. The molecule has 0 amide bonds. The Morgan fingerprint density at radius 2 is 2.21 bits per heavy atom. The number of nitrogens with two attached hydrogens (primary N) is 1. The summed E-state index contributed by atoms with van der Waals surface area (Å²) in [6, 6.07) is 7.41. The van der Waals surface area contributed by atoms with Crippen LogP contribution in [0.1, 0.15) is 0 Å². The van der Waals surface area contributed by atoms with E-state index >= 15 is 0 Å². The molecule has 2 rings (SSSR count). The predicted molar refractivity (Wildman–Crippen MR) is 55.9 cm³/mol. The van der Waals surface area contributed by atoms with Gasteiger partial charge in [0, 0.05) is 17.6 Å². The van der Waals surface area contributed by atoms with Gasteiger partial charge in [-0.25, -0.2) is 4.68 Å². The average molecular weight is 209 g/mol. The van der Waals surface area contributed by atoms with Crippen molar-refractivity contribution < 1.29 is 0 Å². The maximum atomic E-state index is 5.87. The van der Waals surface area contributed by atoms with E-state index in [2.05, 4.69) is 10.1 Å². The first-order valence-electron chi connectivity index (χ1n) is 4.09. The zero-order chi connectivity index (χ0) is 10.1. The van der Waals surface area contributed by atoms with Crippen molar-refractivity contribution in [3.05, 3.63) is 29.3 Å².